The molecule has 7 heteroatoms. The van der Waals surface area contributed by atoms with E-state index in [4.69, 9.17) is 4.74 Å². The maximum absolute atomic E-state index is 12.2. The van der Waals surface area contributed by atoms with Crippen LogP contribution in [0.1, 0.15) is 6.92 Å². The van der Waals surface area contributed by atoms with Gasteiger partial charge in [0.25, 0.3) is 0 Å². The quantitative estimate of drug-likeness (QED) is 0.787. The third-order valence-electron chi connectivity index (χ3n) is 3.27. The van der Waals surface area contributed by atoms with Gasteiger partial charge in [0, 0.05) is 28.2 Å². The Kier molecular flexibility index (Phi) is 6.72. The fraction of sp³-hybridized carbons (Fsp3) is 0.467. The zero-order chi connectivity index (χ0) is 15.9. The van der Waals surface area contributed by atoms with Crippen LogP contribution in [-0.4, -0.2) is 54.0 Å². The topological polar surface area (TPSA) is 58.6 Å². The molecule has 1 heterocycles. The summed E-state index contributed by atoms with van der Waals surface area (Å²) in [7, 11) is 0. The minimum Gasteiger partial charge on any atom is -0.465 e. The number of amides is 1. The Bertz CT molecular complexity index is 524. The summed E-state index contributed by atoms with van der Waals surface area (Å²) in [4.78, 5) is 26.0. The Morgan fingerprint density at radius 3 is 2.82 bits per heavy atom. The van der Waals surface area contributed by atoms with Gasteiger partial charge < -0.3 is 10.1 Å². The molecule has 1 aliphatic rings. The number of benzene rings is 1. The molecule has 0 unspecified atom stereocenters. The first-order chi connectivity index (χ1) is 10.6. The molecule has 0 bridgehead atoms. The number of carbonyl (C=O) groups is 2. The molecule has 1 aliphatic heterocycles. The van der Waals surface area contributed by atoms with Gasteiger partial charge in [0.2, 0.25) is 5.91 Å². The van der Waals surface area contributed by atoms with Gasteiger partial charge >= 0.3 is 5.97 Å². The molecule has 1 atom stereocenters. The molecule has 1 N–H and O–H groups in total. The van der Waals surface area contributed by atoms with Gasteiger partial charge in [-0.3, -0.25) is 14.5 Å². The summed E-state index contributed by atoms with van der Waals surface area (Å²) in [6.45, 7) is 3.05. The summed E-state index contributed by atoms with van der Waals surface area (Å²) in [6, 6.07) is 7.06. The summed E-state index contributed by atoms with van der Waals surface area (Å²) in [5.41, 5.74) is 0.743. The minimum absolute atomic E-state index is 0.122. The number of nitrogens with one attached hydrogen (secondary N) is 1. The van der Waals surface area contributed by atoms with Crippen molar-refractivity contribution < 1.29 is 14.3 Å². The van der Waals surface area contributed by atoms with Crippen molar-refractivity contribution in [2.75, 3.05) is 36.5 Å². The van der Waals surface area contributed by atoms with Gasteiger partial charge in [0.15, 0.2) is 0 Å². The standard InChI is InChI=1S/C15H19BrN2O3S/c1-2-21-15(20)13-10-22-8-7-18(13)9-14(19)17-12-5-3-11(16)4-6-12/h3-6,13H,2,7-10H2,1H3,(H,17,19)/t13-/m1/s1. The van der Waals surface area contributed by atoms with Crippen LogP contribution in [0.4, 0.5) is 5.69 Å². The highest BCUT2D eigenvalue weighted by atomic mass is 79.9. The van der Waals surface area contributed by atoms with E-state index in [1.807, 2.05) is 29.2 Å². The molecule has 1 fully saturated rings. The lowest BCUT2D eigenvalue weighted by atomic mass is 10.2. The first kappa shape index (κ1) is 17.3. The van der Waals surface area contributed by atoms with Gasteiger partial charge in [-0.2, -0.15) is 11.8 Å². The van der Waals surface area contributed by atoms with Crippen LogP contribution in [-0.2, 0) is 14.3 Å². The maximum Gasteiger partial charge on any atom is 0.324 e. The second-order valence-corrected chi connectivity index (χ2v) is 6.93. The lowest BCUT2D eigenvalue weighted by molar-refractivity contribution is -0.148. The van der Waals surface area contributed by atoms with Gasteiger partial charge in [-0.1, -0.05) is 15.9 Å². The second kappa shape index (κ2) is 8.55. The number of nitrogens with zero attached hydrogens (tertiary/aromatic N) is 1. The number of carbonyl (C=O) groups excluding carboxylic acids is 2. The van der Waals surface area contributed by atoms with E-state index >= 15 is 0 Å². The normalized spacial score (nSPS) is 18.7. The number of hydrogen-bond donors (Lipinski definition) is 1. The van der Waals surface area contributed by atoms with Gasteiger partial charge in [0.05, 0.1) is 13.2 Å². The van der Waals surface area contributed by atoms with E-state index in [0.717, 1.165) is 15.9 Å². The van der Waals surface area contributed by atoms with E-state index in [-0.39, 0.29) is 24.5 Å². The molecule has 1 amide bonds. The molecule has 0 saturated carbocycles. The van der Waals surface area contributed by atoms with E-state index in [0.29, 0.717) is 18.9 Å². The zero-order valence-electron chi connectivity index (χ0n) is 12.4. The molecule has 1 aromatic carbocycles. The number of thioether (sulfide) groups is 1. The number of halogens is 1. The first-order valence-corrected chi connectivity index (χ1v) is 9.08. The number of esters is 1. The predicted octanol–water partition coefficient (Wildman–Crippen LogP) is 2.37. The molecule has 0 aliphatic carbocycles. The van der Waals surface area contributed by atoms with Crippen LogP contribution in [0.25, 0.3) is 0 Å². The minimum atomic E-state index is -0.339. The van der Waals surface area contributed by atoms with Crippen molar-refractivity contribution in [2.24, 2.45) is 0 Å². The Hall–Kier alpha value is -1.05. The van der Waals surface area contributed by atoms with Gasteiger partial charge in [-0.25, -0.2) is 0 Å². The summed E-state index contributed by atoms with van der Waals surface area (Å²) < 4.78 is 6.05. The molecule has 22 heavy (non-hydrogen) atoms. The van der Waals surface area contributed by atoms with Crippen LogP contribution >= 0.6 is 27.7 Å². The highest BCUT2D eigenvalue weighted by Crippen LogP contribution is 2.18. The summed E-state index contributed by atoms with van der Waals surface area (Å²) in [5.74, 6) is 1.22. The van der Waals surface area contributed by atoms with Crippen molar-refractivity contribution in [1.82, 2.24) is 4.90 Å². The zero-order valence-corrected chi connectivity index (χ0v) is 14.8. The van der Waals surface area contributed by atoms with Crippen LogP contribution in [0.5, 0.6) is 0 Å². The molecule has 0 radical (unpaired) electrons. The molecular weight excluding hydrogens is 368 g/mol. The fourth-order valence-corrected chi connectivity index (χ4v) is 3.57. The third kappa shape index (κ3) is 5.00. The van der Waals surface area contributed by atoms with E-state index in [2.05, 4.69) is 21.2 Å². The Morgan fingerprint density at radius 2 is 2.14 bits per heavy atom. The largest absolute Gasteiger partial charge is 0.465 e. The number of rotatable bonds is 5. The van der Waals surface area contributed by atoms with Crippen LogP contribution in [0.2, 0.25) is 0 Å². The van der Waals surface area contributed by atoms with Crippen LogP contribution in [0.3, 0.4) is 0 Å². The highest BCUT2D eigenvalue weighted by Gasteiger charge is 2.31. The number of ether oxygens (including phenoxy) is 1. The Morgan fingerprint density at radius 1 is 1.41 bits per heavy atom. The SMILES string of the molecule is CCOC(=O)[C@H]1CSCCN1CC(=O)Nc1ccc(Br)cc1. The fourth-order valence-electron chi connectivity index (χ4n) is 2.20. The average Bonchev–Trinajstić information content (AvgIpc) is 2.50. The lowest BCUT2D eigenvalue weighted by Crippen LogP contribution is -2.50. The second-order valence-electron chi connectivity index (χ2n) is 4.87. The smallest absolute Gasteiger partial charge is 0.324 e. The van der Waals surface area contributed by atoms with Crippen molar-refractivity contribution in [1.29, 1.82) is 0 Å². The van der Waals surface area contributed by atoms with E-state index in [1.54, 1.807) is 18.7 Å². The van der Waals surface area contributed by atoms with Crippen molar-refractivity contribution in [3.8, 4) is 0 Å². The van der Waals surface area contributed by atoms with E-state index in [1.165, 1.54) is 0 Å². The van der Waals surface area contributed by atoms with E-state index < -0.39 is 0 Å². The van der Waals surface area contributed by atoms with Crippen molar-refractivity contribution in [3.63, 3.8) is 0 Å². The van der Waals surface area contributed by atoms with Crippen molar-refractivity contribution in [3.05, 3.63) is 28.7 Å². The molecule has 1 aromatic rings. The molecule has 1 saturated heterocycles. The highest BCUT2D eigenvalue weighted by molar-refractivity contribution is 9.10. The van der Waals surface area contributed by atoms with Gasteiger partial charge in [-0.15, -0.1) is 0 Å². The molecule has 5 nitrogen and oxygen atoms in total. The molecule has 0 aromatic heterocycles. The monoisotopic (exact) mass is 386 g/mol. The van der Waals surface area contributed by atoms with Gasteiger partial charge in [-0.05, 0) is 31.2 Å². The van der Waals surface area contributed by atoms with E-state index in [9.17, 15) is 9.59 Å². The van der Waals surface area contributed by atoms with Crippen LogP contribution in [0, 0.1) is 0 Å². The van der Waals surface area contributed by atoms with Crippen molar-refractivity contribution in [2.45, 2.75) is 13.0 Å². The summed E-state index contributed by atoms with van der Waals surface area (Å²) in [5, 5.41) is 2.85. The van der Waals surface area contributed by atoms with Crippen molar-refractivity contribution >= 4 is 45.3 Å². The number of anilines is 1. The lowest BCUT2D eigenvalue weighted by Gasteiger charge is -2.32. The van der Waals surface area contributed by atoms with Crippen LogP contribution < -0.4 is 5.32 Å². The molecule has 2 rings (SSSR count). The van der Waals surface area contributed by atoms with Gasteiger partial charge in [0.1, 0.15) is 6.04 Å². The summed E-state index contributed by atoms with van der Waals surface area (Å²) in [6.07, 6.45) is 0. The molecule has 120 valence electrons. The Balaban J connectivity index is 1.93. The van der Waals surface area contributed by atoms with Crippen LogP contribution in [0.15, 0.2) is 28.7 Å². The average molecular weight is 387 g/mol. The maximum atomic E-state index is 12.2. The molecular formula is C15H19BrN2O3S. The predicted molar refractivity (Wildman–Crippen MR) is 92.1 cm³/mol. The number of hydrogen-bond acceptors (Lipinski definition) is 5. The Labute approximate surface area is 142 Å². The summed E-state index contributed by atoms with van der Waals surface area (Å²) >= 11 is 5.07. The first-order valence-electron chi connectivity index (χ1n) is 7.14. The molecule has 0 spiro atoms. The third-order valence-corrected chi connectivity index (χ3v) is 4.82.